The van der Waals surface area contributed by atoms with Gasteiger partial charge in [0.15, 0.2) is 0 Å². The van der Waals surface area contributed by atoms with Gasteiger partial charge in [-0.3, -0.25) is 4.79 Å². The topological polar surface area (TPSA) is 52.6 Å². The Hall–Kier alpha value is -1.55. The third-order valence-corrected chi connectivity index (χ3v) is 4.16. The van der Waals surface area contributed by atoms with Crippen LogP contribution in [-0.2, 0) is 11.2 Å². The molecule has 0 heterocycles. The molecule has 0 unspecified atom stereocenters. The molecule has 2 N–H and O–H groups in total. The van der Waals surface area contributed by atoms with Crippen molar-refractivity contribution >= 4 is 11.6 Å². The summed E-state index contributed by atoms with van der Waals surface area (Å²) in [6.45, 7) is 0. The van der Waals surface area contributed by atoms with Gasteiger partial charge in [0, 0.05) is 32.2 Å². The predicted octanol–water partition coefficient (Wildman–Crippen LogP) is 2.10. The zero-order valence-corrected chi connectivity index (χ0v) is 13.0. The zero-order valence-electron chi connectivity index (χ0n) is 13.0. The standard InChI is InChI=1S/C17H26N2O2/c1-19(2)15-8-3-13(4-9-15)5-12-17(21)18-14-6-10-16(20)11-7-14/h3-4,8-9,14,16,20H,5-7,10-12H2,1-2H3,(H,18,21). The Bertz CT molecular complexity index is 448. The van der Waals surface area contributed by atoms with Crippen LogP contribution in [0.2, 0.25) is 0 Å². The molecule has 4 nitrogen and oxygen atoms in total. The summed E-state index contributed by atoms with van der Waals surface area (Å²) >= 11 is 0. The number of aliphatic hydroxyl groups excluding tert-OH is 1. The van der Waals surface area contributed by atoms with Crippen LogP contribution < -0.4 is 10.2 Å². The van der Waals surface area contributed by atoms with E-state index in [1.54, 1.807) is 0 Å². The minimum atomic E-state index is -0.173. The molecule has 1 fully saturated rings. The van der Waals surface area contributed by atoms with E-state index in [1.165, 1.54) is 11.3 Å². The number of amides is 1. The monoisotopic (exact) mass is 290 g/mol. The van der Waals surface area contributed by atoms with E-state index in [-0.39, 0.29) is 18.1 Å². The molecule has 1 aliphatic rings. The van der Waals surface area contributed by atoms with Gasteiger partial charge in [-0.25, -0.2) is 0 Å². The molecule has 0 aliphatic heterocycles. The van der Waals surface area contributed by atoms with Crippen LogP contribution in [0.3, 0.4) is 0 Å². The van der Waals surface area contributed by atoms with Gasteiger partial charge in [0.1, 0.15) is 0 Å². The van der Waals surface area contributed by atoms with Crippen molar-refractivity contribution in [1.29, 1.82) is 0 Å². The number of carbonyl (C=O) groups is 1. The van der Waals surface area contributed by atoms with Crippen LogP contribution in [0, 0.1) is 0 Å². The largest absolute Gasteiger partial charge is 0.393 e. The average Bonchev–Trinajstić information content (AvgIpc) is 2.48. The number of hydrogen-bond acceptors (Lipinski definition) is 3. The first kappa shape index (κ1) is 15.8. The van der Waals surface area contributed by atoms with Gasteiger partial charge in [-0.15, -0.1) is 0 Å². The number of anilines is 1. The SMILES string of the molecule is CN(C)c1ccc(CCC(=O)NC2CCC(O)CC2)cc1. The number of nitrogens with zero attached hydrogens (tertiary/aromatic N) is 1. The second-order valence-electron chi connectivity index (χ2n) is 6.13. The van der Waals surface area contributed by atoms with E-state index in [0.717, 1.165) is 32.1 Å². The van der Waals surface area contributed by atoms with E-state index in [0.29, 0.717) is 6.42 Å². The summed E-state index contributed by atoms with van der Waals surface area (Å²) in [4.78, 5) is 14.0. The average molecular weight is 290 g/mol. The van der Waals surface area contributed by atoms with Crippen molar-refractivity contribution in [3.63, 3.8) is 0 Å². The lowest BCUT2D eigenvalue weighted by Crippen LogP contribution is -2.38. The fourth-order valence-electron chi connectivity index (χ4n) is 2.74. The van der Waals surface area contributed by atoms with Crippen LogP contribution in [0.5, 0.6) is 0 Å². The molecule has 21 heavy (non-hydrogen) atoms. The van der Waals surface area contributed by atoms with Crippen LogP contribution in [0.25, 0.3) is 0 Å². The van der Waals surface area contributed by atoms with Crippen molar-refractivity contribution in [3.05, 3.63) is 29.8 Å². The lowest BCUT2D eigenvalue weighted by molar-refractivity contribution is -0.122. The second kappa shape index (κ2) is 7.46. The Labute approximate surface area is 127 Å². The molecular weight excluding hydrogens is 264 g/mol. The van der Waals surface area contributed by atoms with Crippen molar-refractivity contribution in [2.24, 2.45) is 0 Å². The molecule has 1 saturated carbocycles. The predicted molar refractivity (Wildman–Crippen MR) is 85.5 cm³/mol. The molecule has 0 bridgehead atoms. The van der Waals surface area contributed by atoms with Crippen LogP contribution in [0.15, 0.2) is 24.3 Å². The summed E-state index contributed by atoms with van der Waals surface area (Å²) in [5.41, 5.74) is 2.36. The van der Waals surface area contributed by atoms with Crippen LogP contribution in [-0.4, -0.2) is 37.3 Å². The van der Waals surface area contributed by atoms with Crippen molar-refractivity contribution < 1.29 is 9.90 Å². The van der Waals surface area contributed by atoms with E-state index in [4.69, 9.17) is 0 Å². The highest BCUT2D eigenvalue weighted by Crippen LogP contribution is 2.18. The van der Waals surface area contributed by atoms with Gasteiger partial charge in [0.05, 0.1) is 6.10 Å². The number of hydrogen-bond donors (Lipinski definition) is 2. The minimum Gasteiger partial charge on any atom is -0.393 e. The van der Waals surface area contributed by atoms with Gasteiger partial charge in [0.2, 0.25) is 5.91 Å². The Morgan fingerprint density at radius 2 is 1.81 bits per heavy atom. The molecule has 1 aromatic rings. The summed E-state index contributed by atoms with van der Waals surface area (Å²) in [5.74, 6) is 0.119. The third kappa shape index (κ3) is 5.05. The first-order valence-electron chi connectivity index (χ1n) is 7.78. The molecule has 1 aliphatic carbocycles. The van der Waals surface area contributed by atoms with Crippen LogP contribution in [0.1, 0.15) is 37.7 Å². The van der Waals surface area contributed by atoms with Crippen molar-refractivity contribution in [2.45, 2.75) is 50.7 Å². The van der Waals surface area contributed by atoms with E-state index in [1.807, 2.05) is 14.1 Å². The summed E-state index contributed by atoms with van der Waals surface area (Å²) in [7, 11) is 4.03. The molecule has 1 aromatic carbocycles. The van der Waals surface area contributed by atoms with E-state index >= 15 is 0 Å². The first-order valence-corrected chi connectivity index (χ1v) is 7.78. The molecule has 0 saturated heterocycles. The molecule has 1 amide bonds. The minimum absolute atomic E-state index is 0.119. The molecule has 0 atom stereocenters. The number of benzene rings is 1. The molecule has 0 spiro atoms. The highest BCUT2D eigenvalue weighted by Gasteiger charge is 2.20. The highest BCUT2D eigenvalue weighted by molar-refractivity contribution is 5.76. The van der Waals surface area contributed by atoms with Crippen molar-refractivity contribution in [3.8, 4) is 0 Å². The maximum Gasteiger partial charge on any atom is 0.220 e. The number of rotatable bonds is 5. The van der Waals surface area contributed by atoms with Gasteiger partial charge < -0.3 is 15.3 Å². The van der Waals surface area contributed by atoms with Gasteiger partial charge >= 0.3 is 0 Å². The Morgan fingerprint density at radius 1 is 1.19 bits per heavy atom. The van der Waals surface area contributed by atoms with E-state index in [9.17, 15) is 9.90 Å². The highest BCUT2D eigenvalue weighted by atomic mass is 16.3. The fraction of sp³-hybridized carbons (Fsp3) is 0.588. The van der Waals surface area contributed by atoms with Gasteiger partial charge in [0.25, 0.3) is 0 Å². The van der Waals surface area contributed by atoms with Crippen molar-refractivity contribution in [1.82, 2.24) is 5.32 Å². The number of nitrogens with one attached hydrogen (secondary N) is 1. The molecular formula is C17H26N2O2. The normalized spacial score (nSPS) is 21.9. The number of carbonyl (C=O) groups excluding carboxylic acids is 1. The lowest BCUT2D eigenvalue weighted by atomic mass is 9.93. The Kier molecular flexibility index (Phi) is 5.62. The Morgan fingerprint density at radius 3 is 2.38 bits per heavy atom. The van der Waals surface area contributed by atoms with E-state index < -0.39 is 0 Å². The second-order valence-corrected chi connectivity index (χ2v) is 6.13. The Balaban J connectivity index is 1.73. The quantitative estimate of drug-likeness (QED) is 0.873. The van der Waals surface area contributed by atoms with Gasteiger partial charge in [-0.1, -0.05) is 12.1 Å². The molecule has 0 aromatic heterocycles. The van der Waals surface area contributed by atoms with Crippen molar-refractivity contribution in [2.75, 3.05) is 19.0 Å². The zero-order chi connectivity index (χ0) is 15.2. The van der Waals surface area contributed by atoms with E-state index in [2.05, 4.69) is 34.5 Å². The first-order chi connectivity index (χ1) is 10.0. The number of aliphatic hydroxyl groups is 1. The summed E-state index contributed by atoms with van der Waals surface area (Å²) < 4.78 is 0. The maximum absolute atomic E-state index is 12.0. The summed E-state index contributed by atoms with van der Waals surface area (Å²) in [6, 6.07) is 8.57. The maximum atomic E-state index is 12.0. The molecule has 116 valence electrons. The summed E-state index contributed by atoms with van der Waals surface area (Å²) in [6.07, 6.45) is 4.52. The molecule has 4 heteroatoms. The van der Waals surface area contributed by atoms with Gasteiger partial charge in [-0.2, -0.15) is 0 Å². The third-order valence-electron chi connectivity index (χ3n) is 4.16. The number of aryl methyl sites for hydroxylation is 1. The summed E-state index contributed by atoms with van der Waals surface area (Å²) in [5, 5.41) is 12.5. The lowest BCUT2D eigenvalue weighted by Gasteiger charge is -2.26. The fourth-order valence-corrected chi connectivity index (χ4v) is 2.74. The van der Waals surface area contributed by atoms with Crippen LogP contribution in [0.4, 0.5) is 5.69 Å². The van der Waals surface area contributed by atoms with Crippen LogP contribution >= 0.6 is 0 Å². The van der Waals surface area contributed by atoms with Gasteiger partial charge in [-0.05, 0) is 49.8 Å². The molecule has 2 rings (SSSR count). The molecule has 0 radical (unpaired) electrons. The smallest absolute Gasteiger partial charge is 0.220 e.